The van der Waals surface area contributed by atoms with E-state index in [1.807, 2.05) is 17.5 Å². The van der Waals surface area contributed by atoms with Crippen LogP contribution in [0, 0.1) is 0 Å². The van der Waals surface area contributed by atoms with Gasteiger partial charge in [-0.15, -0.1) is 11.3 Å². The molecule has 1 aliphatic heterocycles. The number of aromatic nitrogens is 1. The van der Waals surface area contributed by atoms with E-state index in [1.165, 1.54) is 23.2 Å². The molecule has 144 valence electrons. The van der Waals surface area contributed by atoms with Gasteiger partial charge in [-0.1, -0.05) is 31.2 Å². The molecule has 2 aromatic heterocycles. The first-order chi connectivity index (χ1) is 13.7. The summed E-state index contributed by atoms with van der Waals surface area (Å²) >= 11 is 1.38. The molecule has 1 fully saturated rings. The van der Waals surface area contributed by atoms with Crippen LogP contribution >= 0.6 is 11.3 Å². The van der Waals surface area contributed by atoms with Crippen LogP contribution in [0.2, 0.25) is 0 Å². The molecule has 0 saturated carbocycles. The van der Waals surface area contributed by atoms with E-state index in [1.54, 1.807) is 17.0 Å². The summed E-state index contributed by atoms with van der Waals surface area (Å²) in [4.78, 5) is 31.4. The largest absolute Gasteiger partial charge is 0.459 e. The summed E-state index contributed by atoms with van der Waals surface area (Å²) < 4.78 is 5.19. The van der Waals surface area contributed by atoms with E-state index in [0.29, 0.717) is 18.1 Å². The van der Waals surface area contributed by atoms with Gasteiger partial charge in [0.1, 0.15) is 6.04 Å². The predicted octanol–water partition coefficient (Wildman–Crippen LogP) is 4.21. The van der Waals surface area contributed by atoms with Crippen molar-refractivity contribution in [3.63, 3.8) is 0 Å². The van der Waals surface area contributed by atoms with Crippen molar-refractivity contribution in [1.82, 2.24) is 9.88 Å². The quantitative estimate of drug-likeness (QED) is 0.702. The molecular formula is C21H21N3O3S. The highest BCUT2D eigenvalue weighted by Gasteiger charge is 2.35. The van der Waals surface area contributed by atoms with Crippen LogP contribution in [0.1, 0.15) is 35.9 Å². The number of nitrogens with one attached hydrogen (secondary N) is 1. The summed E-state index contributed by atoms with van der Waals surface area (Å²) in [6.07, 6.45) is 3.88. The smallest absolute Gasteiger partial charge is 0.290 e. The molecule has 4 rings (SSSR count). The third kappa shape index (κ3) is 3.71. The Morgan fingerprint density at radius 2 is 2.11 bits per heavy atom. The third-order valence-electron chi connectivity index (χ3n) is 4.94. The summed E-state index contributed by atoms with van der Waals surface area (Å²) in [7, 11) is 0. The molecule has 6 nitrogen and oxygen atoms in total. The fraction of sp³-hybridized carbons (Fsp3) is 0.286. The number of thiazole rings is 1. The summed E-state index contributed by atoms with van der Waals surface area (Å²) in [5, 5.41) is 5.34. The van der Waals surface area contributed by atoms with E-state index in [0.717, 1.165) is 24.1 Å². The van der Waals surface area contributed by atoms with Crippen LogP contribution in [-0.4, -0.2) is 34.3 Å². The molecule has 2 amide bonds. The second-order valence-electron chi connectivity index (χ2n) is 6.71. The average Bonchev–Trinajstić information content (AvgIpc) is 3.48. The van der Waals surface area contributed by atoms with Gasteiger partial charge in [-0.05, 0) is 37.0 Å². The minimum absolute atomic E-state index is 0.209. The van der Waals surface area contributed by atoms with E-state index in [-0.39, 0.29) is 17.6 Å². The van der Waals surface area contributed by atoms with E-state index in [2.05, 4.69) is 29.4 Å². The van der Waals surface area contributed by atoms with Gasteiger partial charge in [0.05, 0.1) is 12.0 Å². The number of hydrogen-bond donors (Lipinski definition) is 1. The number of anilines is 1. The molecule has 1 saturated heterocycles. The van der Waals surface area contributed by atoms with Crippen LogP contribution in [0.25, 0.3) is 11.3 Å². The molecule has 3 heterocycles. The Bertz CT molecular complexity index is 963. The summed E-state index contributed by atoms with van der Waals surface area (Å²) in [5.41, 5.74) is 3.12. The lowest BCUT2D eigenvalue weighted by atomic mass is 10.1. The highest BCUT2D eigenvalue weighted by Crippen LogP contribution is 2.27. The first kappa shape index (κ1) is 18.4. The van der Waals surface area contributed by atoms with Crippen LogP contribution < -0.4 is 5.32 Å². The normalized spacial score (nSPS) is 16.3. The number of hydrogen-bond acceptors (Lipinski definition) is 5. The molecule has 28 heavy (non-hydrogen) atoms. The lowest BCUT2D eigenvalue weighted by molar-refractivity contribution is -0.119. The maximum absolute atomic E-state index is 12.8. The lowest BCUT2D eigenvalue weighted by Crippen LogP contribution is -2.43. The monoisotopic (exact) mass is 395 g/mol. The zero-order valence-corrected chi connectivity index (χ0v) is 16.4. The highest BCUT2D eigenvalue weighted by atomic mass is 32.1. The number of furan rings is 1. The zero-order chi connectivity index (χ0) is 19.5. The van der Waals surface area contributed by atoms with Crippen LogP contribution in [0.5, 0.6) is 0 Å². The Kier molecular flexibility index (Phi) is 5.25. The highest BCUT2D eigenvalue weighted by molar-refractivity contribution is 7.14. The van der Waals surface area contributed by atoms with Crippen molar-refractivity contribution in [2.45, 2.75) is 32.2 Å². The molecule has 1 aromatic carbocycles. The number of carbonyl (C=O) groups is 2. The van der Waals surface area contributed by atoms with Gasteiger partial charge < -0.3 is 14.6 Å². The SMILES string of the molecule is CCc1ccc(-c2csc(NC(=O)C3CCCN3C(=O)c3ccco3)n2)cc1. The van der Waals surface area contributed by atoms with Crippen molar-refractivity contribution in [2.24, 2.45) is 0 Å². The molecule has 0 radical (unpaired) electrons. The Morgan fingerprint density at radius 1 is 1.29 bits per heavy atom. The molecule has 1 aliphatic rings. The summed E-state index contributed by atoms with van der Waals surface area (Å²) in [6, 6.07) is 11.0. The zero-order valence-electron chi connectivity index (χ0n) is 15.6. The minimum Gasteiger partial charge on any atom is -0.459 e. The Labute approximate surface area is 167 Å². The number of likely N-dealkylation sites (tertiary alicyclic amines) is 1. The number of nitrogens with zero attached hydrogens (tertiary/aromatic N) is 2. The molecule has 1 N–H and O–H groups in total. The fourth-order valence-corrected chi connectivity index (χ4v) is 4.11. The molecule has 0 spiro atoms. The minimum atomic E-state index is -0.506. The first-order valence-corrected chi connectivity index (χ1v) is 10.2. The lowest BCUT2D eigenvalue weighted by Gasteiger charge is -2.22. The molecule has 0 bridgehead atoms. The van der Waals surface area contributed by atoms with Crippen molar-refractivity contribution in [3.8, 4) is 11.3 Å². The van der Waals surface area contributed by atoms with Gasteiger partial charge in [0.15, 0.2) is 10.9 Å². The molecule has 0 aliphatic carbocycles. The van der Waals surface area contributed by atoms with E-state index in [9.17, 15) is 9.59 Å². The van der Waals surface area contributed by atoms with Crippen LogP contribution in [0.15, 0.2) is 52.5 Å². The van der Waals surface area contributed by atoms with E-state index in [4.69, 9.17) is 4.42 Å². The maximum atomic E-state index is 12.8. The van der Waals surface area contributed by atoms with Crippen molar-refractivity contribution in [1.29, 1.82) is 0 Å². The molecule has 3 aromatic rings. The van der Waals surface area contributed by atoms with Gasteiger partial charge >= 0.3 is 0 Å². The van der Waals surface area contributed by atoms with E-state index >= 15 is 0 Å². The topological polar surface area (TPSA) is 75.4 Å². The molecular weight excluding hydrogens is 374 g/mol. The van der Waals surface area contributed by atoms with E-state index < -0.39 is 6.04 Å². The van der Waals surface area contributed by atoms with Gasteiger partial charge in [0.25, 0.3) is 5.91 Å². The van der Waals surface area contributed by atoms with Crippen molar-refractivity contribution in [3.05, 3.63) is 59.4 Å². The maximum Gasteiger partial charge on any atom is 0.290 e. The Morgan fingerprint density at radius 3 is 2.82 bits per heavy atom. The van der Waals surface area contributed by atoms with Gasteiger partial charge in [-0.2, -0.15) is 0 Å². The summed E-state index contributed by atoms with van der Waals surface area (Å²) in [6.45, 7) is 2.67. The van der Waals surface area contributed by atoms with Crippen molar-refractivity contribution < 1.29 is 14.0 Å². The number of rotatable bonds is 5. The number of benzene rings is 1. The first-order valence-electron chi connectivity index (χ1n) is 9.36. The standard InChI is InChI=1S/C21H21N3O3S/c1-2-14-7-9-15(10-8-14)16-13-28-21(22-16)23-19(25)17-5-3-11-24(17)20(26)18-6-4-12-27-18/h4,6-10,12-13,17H,2-3,5,11H2,1H3,(H,22,23,25). The second-order valence-corrected chi connectivity index (χ2v) is 7.57. The number of aryl methyl sites for hydroxylation is 1. The number of carbonyl (C=O) groups excluding carboxylic acids is 2. The van der Waals surface area contributed by atoms with Crippen molar-refractivity contribution >= 4 is 28.3 Å². The van der Waals surface area contributed by atoms with Crippen LogP contribution in [0.3, 0.4) is 0 Å². The van der Waals surface area contributed by atoms with Gasteiger partial charge in [-0.25, -0.2) is 4.98 Å². The van der Waals surface area contributed by atoms with Gasteiger partial charge in [0, 0.05) is 17.5 Å². The summed E-state index contributed by atoms with van der Waals surface area (Å²) in [5.74, 6) is -0.204. The average molecular weight is 395 g/mol. The van der Waals surface area contributed by atoms with Crippen LogP contribution in [0.4, 0.5) is 5.13 Å². The van der Waals surface area contributed by atoms with Crippen molar-refractivity contribution in [2.75, 3.05) is 11.9 Å². The fourth-order valence-electron chi connectivity index (χ4n) is 3.39. The molecule has 1 unspecified atom stereocenters. The Balaban J connectivity index is 1.44. The Hall–Kier alpha value is -2.93. The third-order valence-corrected chi connectivity index (χ3v) is 5.70. The van der Waals surface area contributed by atoms with Gasteiger partial charge in [-0.3, -0.25) is 9.59 Å². The number of amides is 2. The van der Waals surface area contributed by atoms with Crippen LogP contribution in [-0.2, 0) is 11.2 Å². The molecule has 1 atom stereocenters. The second kappa shape index (κ2) is 7.98. The predicted molar refractivity (Wildman–Crippen MR) is 108 cm³/mol. The molecule has 7 heteroatoms. The van der Waals surface area contributed by atoms with Gasteiger partial charge in [0.2, 0.25) is 5.91 Å².